The molecule has 0 radical (unpaired) electrons. The number of aryl methyl sites for hydroxylation is 2. The highest BCUT2D eigenvalue weighted by Gasteiger charge is 2.23. The molecule has 0 aliphatic rings. The van der Waals surface area contributed by atoms with Gasteiger partial charge in [-0.3, -0.25) is 4.72 Å². The smallest absolute Gasteiger partial charge is 0.263 e. The molecule has 0 spiro atoms. The second-order valence-corrected chi connectivity index (χ2v) is 11.0. The predicted molar refractivity (Wildman–Crippen MR) is 154 cm³/mol. The highest BCUT2D eigenvalue weighted by molar-refractivity contribution is 7.92. The molecule has 0 fully saturated rings. The molecule has 0 unspecified atom stereocenters. The molecule has 0 saturated carbocycles. The van der Waals surface area contributed by atoms with Crippen molar-refractivity contribution in [1.29, 1.82) is 0 Å². The number of hydrogen-bond donors (Lipinski definition) is 1. The van der Waals surface area contributed by atoms with E-state index in [4.69, 9.17) is 14.0 Å². The first-order chi connectivity index (χ1) is 19.1. The maximum absolute atomic E-state index is 13.5. The van der Waals surface area contributed by atoms with Crippen LogP contribution in [-0.2, 0) is 27.9 Å². The number of sulfonamides is 1. The van der Waals surface area contributed by atoms with Gasteiger partial charge in [-0.15, -0.1) is 0 Å². The first kappa shape index (κ1) is 29.0. The average molecular weight is 566 g/mol. The Hall–Kier alpha value is -3.96. The van der Waals surface area contributed by atoms with Crippen LogP contribution in [0.25, 0.3) is 11.1 Å². The van der Waals surface area contributed by atoms with Gasteiger partial charge < -0.3 is 18.9 Å². The highest BCUT2D eigenvalue weighted by Crippen LogP contribution is 2.33. The summed E-state index contributed by atoms with van der Waals surface area (Å²) in [7, 11) is -2.01. The molecule has 11 heteroatoms. The molecule has 0 bridgehead atoms. The lowest BCUT2D eigenvalue weighted by atomic mass is 9.97. The zero-order chi connectivity index (χ0) is 28.9. The predicted octanol–water partition coefficient (Wildman–Crippen LogP) is 5.43. The van der Waals surface area contributed by atoms with Gasteiger partial charge in [-0.2, -0.15) is 4.98 Å². The zero-order valence-electron chi connectivity index (χ0n) is 23.7. The maximum atomic E-state index is 13.5. The summed E-state index contributed by atoms with van der Waals surface area (Å²) in [4.78, 5) is 11.0. The highest BCUT2D eigenvalue weighted by atomic mass is 32.2. The van der Waals surface area contributed by atoms with Crippen molar-refractivity contribution in [1.82, 2.24) is 15.1 Å². The lowest BCUT2D eigenvalue weighted by Gasteiger charge is -2.21. The fourth-order valence-electron chi connectivity index (χ4n) is 4.26. The van der Waals surface area contributed by atoms with Gasteiger partial charge in [0, 0.05) is 37.4 Å². The third kappa shape index (κ3) is 6.60. The fourth-order valence-corrected chi connectivity index (χ4v) is 5.54. The molecule has 0 atom stereocenters. The summed E-state index contributed by atoms with van der Waals surface area (Å²) in [5, 5.41) is 3.86. The van der Waals surface area contributed by atoms with Crippen LogP contribution in [-0.4, -0.2) is 43.8 Å². The molecular formula is C29H35N5O5S. The Balaban J connectivity index is 1.68. The number of nitrogens with zero attached hydrogens (tertiary/aromatic N) is 4. The van der Waals surface area contributed by atoms with E-state index in [-0.39, 0.29) is 10.7 Å². The number of nitrogens with one attached hydrogen (secondary N) is 1. The zero-order valence-corrected chi connectivity index (χ0v) is 24.5. The number of anilines is 2. The van der Waals surface area contributed by atoms with Crippen LogP contribution >= 0.6 is 0 Å². The van der Waals surface area contributed by atoms with Gasteiger partial charge in [0.15, 0.2) is 5.82 Å². The van der Waals surface area contributed by atoms with Crippen molar-refractivity contribution in [2.24, 2.45) is 0 Å². The van der Waals surface area contributed by atoms with E-state index in [1.165, 1.54) is 0 Å². The van der Waals surface area contributed by atoms with Crippen LogP contribution in [0.15, 0.2) is 57.9 Å². The molecule has 0 aliphatic carbocycles. The molecule has 0 amide bonds. The van der Waals surface area contributed by atoms with E-state index in [2.05, 4.69) is 19.8 Å². The number of benzene rings is 2. The normalized spacial score (nSPS) is 11.4. The van der Waals surface area contributed by atoms with Gasteiger partial charge in [0.05, 0.1) is 18.1 Å². The molecule has 10 nitrogen and oxygen atoms in total. The summed E-state index contributed by atoms with van der Waals surface area (Å²) in [5.74, 6) is 2.63. The third-order valence-electron chi connectivity index (χ3n) is 6.39. The van der Waals surface area contributed by atoms with E-state index in [9.17, 15) is 8.42 Å². The van der Waals surface area contributed by atoms with Crippen molar-refractivity contribution < 1.29 is 22.4 Å². The summed E-state index contributed by atoms with van der Waals surface area (Å²) >= 11 is 0. The maximum Gasteiger partial charge on any atom is 0.263 e. The summed E-state index contributed by atoms with van der Waals surface area (Å²) in [5.41, 5.74) is 3.86. The van der Waals surface area contributed by atoms with E-state index >= 15 is 0 Å². The Morgan fingerprint density at radius 3 is 2.45 bits per heavy atom. The average Bonchev–Trinajstić information content (AvgIpc) is 3.23. The van der Waals surface area contributed by atoms with Gasteiger partial charge in [-0.05, 0) is 57.4 Å². The minimum Gasteiger partial charge on any atom is -0.478 e. The number of hydrogen-bond acceptors (Lipinski definition) is 9. The van der Waals surface area contributed by atoms with Crippen LogP contribution in [0.4, 0.5) is 11.6 Å². The van der Waals surface area contributed by atoms with E-state index in [0.29, 0.717) is 55.0 Å². The molecular weight excluding hydrogens is 530 g/mol. The molecule has 2 aromatic heterocycles. The minimum absolute atomic E-state index is 0.137. The Kier molecular flexibility index (Phi) is 9.06. The lowest BCUT2D eigenvalue weighted by Crippen LogP contribution is -2.19. The molecule has 40 heavy (non-hydrogen) atoms. The monoisotopic (exact) mass is 565 g/mol. The largest absolute Gasteiger partial charge is 0.478 e. The van der Waals surface area contributed by atoms with Crippen LogP contribution in [0.5, 0.6) is 5.88 Å². The van der Waals surface area contributed by atoms with Crippen molar-refractivity contribution in [3.63, 3.8) is 0 Å². The lowest BCUT2D eigenvalue weighted by molar-refractivity contribution is 0.134. The fraction of sp³-hybridized carbons (Fsp3) is 0.345. The number of aromatic nitrogens is 3. The second-order valence-electron chi connectivity index (χ2n) is 9.34. The topological polar surface area (TPSA) is 120 Å². The van der Waals surface area contributed by atoms with Gasteiger partial charge in [0.25, 0.3) is 10.0 Å². The first-order valence-corrected chi connectivity index (χ1v) is 14.6. The van der Waals surface area contributed by atoms with Crippen LogP contribution in [0.2, 0.25) is 0 Å². The molecule has 4 aromatic rings. The quantitative estimate of drug-likeness (QED) is 0.240. The molecule has 212 valence electrons. The van der Waals surface area contributed by atoms with E-state index in [1.54, 1.807) is 32.0 Å². The Morgan fingerprint density at radius 2 is 1.75 bits per heavy atom. The standard InChI is InChI=1S/C29H35N5O5S/c1-7-37-18-23-15-22(17-34(6)27-16-28(38-8-2)31-21(5)30-27)13-14-24(23)25-11-9-10-12-26(25)40(35,36)33-29-19(3)20(4)39-32-29/h9-16H,7-8,17-18H2,1-6H3,(H,32,33). The van der Waals surface area contributed by atoms with Crippen LogP contribution in [0, 0.1) is 20.8 Å². The van der Waals surface area contributed by atoms with E-state index in [1.807, 2.05) is 63.1 Å². The van der Waals surface area contributed by atoms with Crippen molar-refractivity contribution >= 4 is 21.7 Å². The van der Waals surface area contributed by atoms with Gasteiger partial charge in [0.1, 0.15) is 17.4 Å². The Bertz CT molecular complexity index is 1590. The molecule has 1 N–H and O–H groups in total. The van der Waals surface area contributed by atoms with Gasteiger partial charge >= 0.3 is 0 Å². The number of rotatable bonds is 12. The van der Waals surface area contributed by atoms with Crippen molar-refractivity contribution in [3.8, 4) is 17.0 Å². The minimum atomic E-state index is -3.96. The summed E-state index contributed by atoms with van der Waals surface area (Å²) in [6.07, 6.45) is 0. The summed E-state index contributed by atoms with van der Waals surface area (Å²) in [6.45, 7) is 11.1. The first-order valence-electron chi connectivity index (χ1n) is 13.1. The second kappa shape index (κ2) is 12.5. The summed E-state index contributed by atoms with van der Waals surface area (Å²) in [6, 6.07) is 14.7. The van der Waals surface area contributed by atoms with Crippen molar-refractivity contribution in [3.05, 3.63) is 76.8 Å². The molecule has 4 rings (SSSR count). The van der Waals surface area contributed by atoms with Gasteiger partial charge in [0.2, 0.25) is 5.88 Å². The number of ether oxygens (including phenoxy) is 2. The van der Waals surface area contributed by atoms with Gasteiger partial charge in [-0.25, -0.2) is 13.4 Å². The van der Waals surface area contributed by atoms with Crippen molar-refractivity contribution in [2.45, 2.75) is 52.7 Å². The Morgan fingerprint density at radius 1 is 0.975 bits per heavy atom. The Labute approximate surface area is 235 Å². The van der Waals surface area contributed by atoms with Crippen molar-refractivity contribution in [2.75, 3.05) is 29.9 Å². The molecule has 2 heterocycles. The molecule has 2 aromatic carbocycles. The molecule has 0 saturated heterocycles. The van der Waals surface area contributed by atoms with Crippen LogP contribution < -0.4 is 14.4 Å². The van der Waals surface area contributed by atoms with Gasteiger partial charge in [-0.1, -0.05) is 41.6 Å². The third-order valence-corrected chi connectivity index (χ3v) is 7.79. The van der Waals surface area contributed by atoms with E-state index in [0.717, 1.165) is 22.5 Å². The molecule has 0 aliphatic heterocycles. The summed E-state index contributed by atoms with van der Waals surface area (Å²) < 4.78 is 46.1. The van der Waals surface area contributed by atoms with Crippen LogP contribution in [0.1, 0.15) is 42.1 Å². The van der Waals surface area contributed by atoms with E-state index < -0.39 is 10.0 Å². The van der Waals surface area contributed by atoms with Crippen LogP contribution in [0.3, 0.4) is 0 Å². The SMILES string of the molecule is CCOCc1cc(CN(C)c2cc(OCC)nc(C)n2)ccc1-c1ccccc1S(=O)(=O)Nc1noc(C)c1C.